The second kappa shape index (κ2) is 7.32. The van der Waals surface area contributed by atoms with Crippen LogP contribution in [0, 0.1) is 0 Å². The van der Waals surface area contributed by atoms with Crippen LogP contribution < -0.4 is 10.6 Å². The first kappa shape index (κ1) is 15.6. The van der Waals surface area contributed by atoms with Crippen LogP contribution >= 0.6 is 22.9 Å². The van der Waals surface area contributed by atoms with Crippen LogP contribution in [0.25, 0.3) is 11.3 Å². The highest BCUT2D eigenvalue weighted by atomic mass is 32.1. The van der Waals surface area contributed by atoms with Gasteiger partial charge in [-0.3, -0.25) is 0 Å². The molecule has 0 aliphatic rings. The van der Waals surface area contributed by atoms with Crippen LogP contribution in [-0.2, 0) is 0 Å². The van der Waals surface area contributed by atoms with E-state index >= 15 is 0 Å². The summed E-state index contributed by atoms with van der Waals surface area (Å²) < 4.78 is 3.82. The fraction of sp³-hybridized carbons (Fsp3) is 0.133. The third kappa shape index (κ3) is 4.13. The number of urea groups is 1. The lowest BCUT2D eigenvalue weighted by atomic mass is 10.1. The Morgan fingerprint density at radius 1 is 1.26 bits per heavy atom. The van der Waals surface area contributed by atoms with Gasteiger partial charge in [-0.2, -0.15) is 0 Å². The number of hydrogen-bond acceptors (Lipinski definition) is 6. The molecule has 0 radical (unpaired) electrons. The fourth-order valence-electron chi connectivity index (χ4n) is 1.96. The maximum Gasteiger partial charge on any atom is 0.319 e. The summed E-state index contributed by atoms with van der Waals surface area (Å²) in [7, 11) is 0. The van der Waals surface area contributed by atoms with Crippen LogP contribution in [0.2, 0.25) is 0 Å². The Balaban J connectivity index is 1.51. The summed E-state index contributed by atoms with van der Waals surface area (Å²) >= 11 is 2.75. The largest absolute Gasteiger partial charge is 0.386 e. The Labute approximate surface area is 141 Å². The Bertz CT molecular complexity index is 742. The Morgan fingerprint density at radius 2 is 2.09 bits per heavy atom. The lowest BCUT2D eigenvalue weighted by Crippen LogP contribution is -2.32. The number of aliphatic hydroxyl groups is 1. The SMILES string of the molecule is O=C(NCC(O)c1cccs1)Nc1ccc(-c2csnn2)cc1. The van der Waals surface area contributed by atoms with Crippen molar-refractivity contribution in [2.24, 2.45) is 0 Å². The van der Waals surface area contributed by atoms with Crippen LogP contribution in [0.15, 0.2) is 47.2 Å². The molecule has 2 aromatic heterocycles. The van der Waals surface area contributed by atoms with Crippen molar-refractivity contribution in [3.05, 3.63) is 52.0 Å². The molecule has 0 saturated heterocycles. The highest BCUT2D eigenvalue weighted by Gasteiger charge is 2.10. The molecule has 8 heteroatoms. The summed E-state index contributed by atoms with van der Waals surface area (Å²) in [6.45, 7) is 0.162. The van der Waals surface area contributed by atoms with Gasteiger partial charge in [-0.15, -0.1) is 16.4 Å². The zero-order chi connectivity index (χ0) is 16.1. The van der Waals surface area contributed by atoms with Crippen molar-refractivity contribution in [3.63, 3.8) is 0 Å². The smallest absolute Gasteiger partial charge is 0.319 e. The van der Waals surface area contributed by atoms with E-state index in [4.69, 9.17) is 0 Å². The van der Waals surface area contributed by atoms with E-state index in [9.17, 15) is 9.90 Å². The molecule has 3 rings (SSSR count). The van der Waals surface area contributed by atoms with Gasteiger partial charge in [0.05, 0.1) is 6.54 Å². The van der Waals surface area contributed by atoms with Gasteiger partial charge in [0.1, 0.15) is 11.8 Å². The molecule has 0 aliphatic heterocycles. The third-order valence-electron chi connectivity index (χ3n) is 3.13. The number of benzene rings is 1. The number of aromatic nitrogens is 2. The number of nitrogens with one attached hydrogen (secondary N) is 2. The monoisotopic (exact) mass is 346 g/mol. The van der Waals surface area contributed by atoms with Crippen molar-refractivity contribution in [3.8, 4) is 11.3 Å². The van der Waals surface area contributed by atoms with E-state index in [0.29, 0.717) is 5.69 Å². The van der Waals surface area contributed by atoms with E-state index in [1.165, 1.54) is 22.9 Å². The topological polar surface area (TPSA) is 87.1 Å². The molecule has 6 nitrogen and oxygen atoms in total. The van der Waals surface area contributed by atoms with Crippen molar-refractivity contribution < 1.29 is 9.90 Å². The summed E-state index contributed by atoms with van der Waals surface area (Å²) in [5, 5.41) is 23.0. The predicted octanol–water partition coefficient (Wildman–Crippen LogP) is 3.12. The standard InChI is InChI=1S/C15H14N4O2S2/c20-13(14-2-1-7-22-14)8-16-15(21)17-11-5-3-10(4-6-11)12-9-23-19-18-12/h1-7,9,13,20H,8H2,(H2,16,17,21). The quantitative estimate of drug-likeness (QED) is 0.662. The number of hydrogen-bond donors (Lipinski definition) is 3. The van der Waals surface area contributed by atoms with E-state index < -0.39 is 6.10 Å². The van der Waals surface area contributed by atoms with Crippen LogP contribution in [0.4, 0.5) is 10.5 Å². The van der Waals surface area contributed by atoms with Gasteiger partial charge in [-0.05, 0) is 35.1 Å². The van der Waals surface area contributed by atoms with E-state index in [0.717, 1.165) is 16.1 Å². The minimum absolute atomic E-state index is 0.162. The number of amides is 2. The molecule has 0 spiro atoms. The summed E-state index contributed by atoms with van der Waals surface area (Å²) in [6, 6.07) is 10.7. The van der Waals surface area contributed by atoms with Gasteiger partial charge in [0.2, 0.25) is 0 Å². The Hall–Kier alpha value is -2.29. The number of anilines is 1. The first-order chi connectivity index (χ1) is 11.2. The maximum absolute atomic E-state index is 11.8. The summed E-state index contributed by atoms with van der Waals surface area (Å²) in [5.74, 6) is 0. The van der Waals surface area contributed by atoms with Crippen molar-refractivity contribution in [1.82, 2.24) is 14.9 Å². The zero-order valence-corrected chi connectivity index (χ0v) is 13.6. The summed E-state index contributed by atoms with van der Waals surface area (Å²) in [5.41, 5.74) is 2.42. The van der Waals surface area contributed by atoms with Gasteiger partial charge in [0, 0.05) is 21.5 Å². The van der Waals surface area contributed by atoms with E-state index in [2.05, 4.69) is 20.2 Å². The highest BCUT2D eigenvalue weighted by molar-refractivity contribution is 7.10. The van der Waals surface area contributed by atoms with Crippen molar-refractivity contribution in [1.29, 1.82) is 0 Å². The van der Waals surface area contributed by atoms with Gasteiger partial charge in [-0.25, -0.2) is 4.79 Å². The highest BCUT2D eigenvalue weighted by Crippen LogP contribution is 2.20. The van der Waals surface area contributed by atoms with Crippen molar-refractivity contribution in [2.75, 3.05) is 11.9 Å². The molecule has 1 atom stereocenters. The lowest BCUT2D eigenvalue weighted by Gasteiger charge is -2.11. The van der Waals surface area contributed by atoms with Gasteiger partial charge in [-0.1, -0.05) is 22.7 Å². The molecule has 2 amide bonds. The third-order valence-corrected chi connectivity index (χ3v) is 4.60. The molecule has 3 aromatic rings. The van der Waals surface area contributed by atoms with Crippen LogP contribution in [0.5, 0.6) is 0 Å². The van der Waals surface area contributed by atoms with E-state index in [1.807, 2.05) is 35.0 Å². The van der Waals surface area contributed by atoms with Crippen LogP contribution in [0.1, 0.15) is 11.0 Å². The predicted molar refractivity (Wildman–Crippen MR) is 91.6 cm³/mol. The molecule has 2 heterocycles. The normalized spacial score (nSPS) is 11.9. The van der Waals surface area contributed by atoms with Gasteiger partial charge < -0.3 is 15.7 Å². The molecular weight excluding hydrogens is 332 g/mol. The number of nitrogens with zero attached hydrogens (tertiary/aromatic N) is 2. The first-order valence-corrected chi connectivity index (χ1v) is 8.58. The Morgan fingerprint density at radius 3 is 2.74 bits per heavy atom. The number of rotatable bonds is 5. The molecule has 1 unspecified atom stereocenters. The van der Waals surface area contributed by atoms with Crippen LogP contribution in [-0.4, -0.2) is 27.3 Å². The molecule has 1 aromatic carbocycles. The minimum atomic E-state index is -0.694. The molecule has 118 valence electrons. The van der Waals surface area contributed by atoms with Crippen LogP contribution in [0.3, 0.4) is 0 Å². The van der Waals surface area contributed by atoms with E-state index in [-0.39, 0.29) is 12.6 Å². The molecule has 0 fully saturated rings. The summed E-state index contributed by atoms with van der Waals surface area (Å²) in [6.07, 6.45) is -0.694. The van der Waals surface area contributed by atoms with Crippen molar-refractivity contribution in [2.45, 2.75) is 6.10 Å². The average Bonchev–Trinajstić information content (AvgIpc) is 3.26. The number of aliphatic hydroxyl groups excluding tert-OH is 1. The average molecular weight is 346 g/mol. The molecular formula is C15H14N4O2S2. The minimum Gasteiger partial charge on any atom is -0.386 e. The summed E-state index contributed by atoms with van der Waals surface area (Å²) in [4.78, 5) is 12.7. The molecule has 0 bridgehead atoms. The number of carbonyl (C=O) groups is 1. The zero-order valence-electron chi connectivity index (χ0n) is 12.0. The second-order valence-corrected chi connectivity index (χ2v) is 6.32. The van der Waals surface area contributed by atoms with Crippen molar-refractivity contribution >= 4 is 34.6 Å². The van der Waals surface area contributed by atoms with Gasteiger partial charge in [0.25, 0.3) is 0 Å². The van der Waals surface area contributed by atoms with E-state index in [1.54, 1.807) is 12.1 Å². The number of thiophene rings is 1. The fourth-order valence-corrected chi connectivity index (χ4v) is 3.14. The second-order valence-electron chi connectivity index (χ2n) is 4.73. The lowest BCUT2D eigenvalue weighted by molar-refractivity contribution is 0.178. The molecule has 23 heavy (non-hydrogen) atoms. The van der Waals surface area contributed by atoms with Gasteiger partial charge >= 0.3 is 6.03 Å². The van der Waals surface area contributed by atoms with Gasteiger partial charge in [0.15, 0.2) is 0 Å². The first-order valence-electron chi connectivity index (χ1n) is 6.86. The molecule has 0 saturated carbocycles. The number of carbonyl (C=O) groups excluding carboxylic acids is 1. The maximum atomic E-state index is 11.8. The Kier molecular flexibility index (Phi) is 4.96. The molecule has 0 aliphatic carbocycles. The molecule has 3 N–H and O–H groups in total.